The Labute approximate surface area is 96.9 Å². The summed E-state index contributed by atoms with van der Waals surface area (Å²) in [7, 11) is 0. The summed E-state index contributed by atoms with van der Waals surface area (Å²) in [6, 6.07) is 0. The molecule has 1 saturated heterocycles. The van der Waals surface area contributed by atoms with Crippen LogP contribution in [0.25, 0.3) is 0 Å². The van der Waals surface area contributed by atoms with Gasteiger partial charge in [-0.05, 0) is 0 Å². The molecular weight excluding hydrogens is 206 g/mol. The van der Waals surface area contributed by atoms with Crippen molar-refractivity contribution in [3.63, 3.8) is 0 Å². The summed E-state index contributed by atoms with van der Waals surface area (Å²) in [5.74, 6) is 0.0267. The van der Waals surface area contributed by atoms with Crippen LogP contribution in [0.5, 0.6) is 0 Å². The molecule has 0 aromatic carbocycles. The number of rotatable bonds is 1. The molecule has 1 amide bonds. The van der Waals surface area contributed by atoms with Gasteiger partial charge in [-0.25, -0.2) is 0 Å². The van der Waals surface area contributed by atoms with Crippen molar-refractivity contribution in [1.29, 1.82) is 0 Å². The summed E-state index contributed by atoms with van der Waals surface area (Å²) in [5.41, 5.74) is 5.38. The summed E-state index contributed by atoms with van der Waals surface area (Å²) in [6.45, 7) is 7.02. The summed E-state index contributed by atoms with van der Waals surface area (Å²) < 4.78 is 0. The van der Waals surface area contributed by atoms with Crippen molar-refractivity contribution in [1.82, 2.24) is 20.9 Å². The van der Waals surface area contributed by atoms with Gasteiger partial charge in [0.05, 0.1) is 6.54 Å². The smallest absolute Gasteiger partial charge is 0.236 e. The molecule has 0 atom stereocenters. The lowest BCUT2D eigenvalue weighted by atomic mass is 10.4. The second-order valence-electron chi connectivity index (χ2n) is 3.83. The Morgan fingerprint density at radius 3 is 1.81 bits per heavy atom. The highest BCUT2D eigenvalue weighted by atomic mass is 16.2. The van der Waals surface area contributed by atoms with Crippen LogP contribution >= 0.6 is 0 Å². The molecule has 0 saturated carbocycles. The molecule has 1 aliphatic heterocycles. The first-order valence-electron chi connectivity index (χ1n) is 5.94. The summed E-state index contributed by atoms with van der Waals surface area (Å²) in [6.07, 6.45) is 0. The first-order chi connectivity index (χ1) is 7.84. The monoisotopic (exact) mass is 229 g/mol. The van der Waals surface area contributed by atoms with Crippen LogP contribution in [0.1, 0.15) is 0 Å². The van der Waals surface area contributed by atoms with E-state index in [4.69, 9.17) is 5.73 Å². The van der Waals surface area contributed by atoms with Gasteiger partial charge < -0.3 is 26.6 Å². The van der Waals surface area contributed by atoms with Gasteiger partial charge in [-0.3, -0.25) is 4.79 Å². The number of nitrogens with one attached hydrogen (secondary N) is 3. The maximum Gasteiger partial charge on any atom is 0.236 e. The Bertz CT molecular complexity index is 188. The number of hydrogen-bond donors (Lipinski definition) is 4. The van der Waals surface area contributed by atoms with Gasteiger partial charge in [-0.1, -0.05) is 0 Å². The Hall–Kier alpha value is -0.690. The Balaban J connectivity index is 2.33. The van der Waals surface area contributed by atoms with Crippen LogP contribution in [-0.2, 0) is 4.79 Å². The van der Waals surface area contributed by atoms with Gasteiger partial charge in [0.2, 0.25) is 5.91 Å². The number of carbonyl (C=O) groups excluding carboxylic acids is 1. The molecule has 94 valence electrons. The van der Waals surface area contributed by atoms with Crippen molar-refractivity contribution in [2.24, 2.45) is 5.73 Å². The molecule has 1 aliphatic rings. The van der Waals surface area contributed by atoms with Crippen LogP contribution in [0, 0.1) is 0 Å². The fourth-order valence-electron chi connectivity index (χ4n) is 1.65. The van der Waals surface area contributed by atoms with E-state index in [1.165, 1.54) is 0 Å². The Morgan fingerprint density at radius 1 is 0.938 bits per heavy atom. The fraction of sp³-hybridized carbons (Fsp3) is 0.900. The van der Waals surface area contributed by atoms with Gasteiger partial charge in [0, 0.05) is 52.4 Å². The predicted molar refractivity (Wildman–Crippen MR) is 64.2 cm³/mol. The lowest BCUT2D eigenvalue weighted by molar-refractivity contribution is -0.129. The molecule has 0 unspecified atom stereocenters. The lowest BCUT2D eigenvalue weighted by Crippen LogP contribution is -2.45. The second kappa shape index (κ2) is 8.46. The normalized spacial score (nSPS) is 20.9. The zero-order valence-corrected chi connectivity index (χ0v) is 9.80. The lowest BCUT2D eigenvalue weighted by Gasteiger charge is -2.23. The molecule has 1 fully saturated rings. The van der Waals surface area contributed by atoms with Gasteiger partial charge in [0.15, 0.2) is 0 Å². The maximum absolute atomic E-state index is 11.5. The summed E-state index contributed by atoms with van der Waals surface area (Å²) in [4.78, 5) is 13.3. The van der Waals surface area contributed by atoms with Gasteiger partial charge in [-0.2, -0.15) is 0 Å². The third kappa shape index (κ3) is 5.41. The molecule has 5 N–H and O–H groups in total. The van der Waals surface area contributed by atoms with Crippen LogP contribution in [0.3, 0.4) is 0 Å². The molecule has 1 rings (SSSR count). The Morgan fingerprint density at radius 2 is 1.38 bits per heavy atom. The van der Waals surface area contributed by atoms with Crippen molar-refractivity contribution in [3.05, 3.63) is 0 Å². The number of amides is 1. The third-order valence-electron chi connectivity index (χ3n) is 2.60. The van der Waals surface area contributed by atoms with Gasteiger partial charge in [0.1, 0.15) is 0 Å². The summed E-state index contributed by atoms with van der Waals surface area (Å²) >= 11 is 0. The van der Waals surface area contributed by atoms with E-state index in [1.807, 2.05) is 4.90 Å². The molecule has 0 bridgehead atoms. The van der Waals surface area contributed by atoms with Gasteiger partial charge in [-0.15, -0.1) is 0 Å². The van der Waals surface area contributed by atoms with Crippen molar-refractivity contribution in [2.45, 2.75) is 0 Å². The largest absolute Gasteiger partial charge is 0.339 e. The highest BCUT2D eigenvalue weighted by Gasteiger charge is 2.10. The first-order valence-corrected chi connectivity index (χ1v) is 5.94. The molecular formula is C10H23N5O. The molecule has 16 heavy (non-hydrogen) atoms. The number of carbonyl (C=O) groups is 1. The van der Waals surface area contributed by atoms with E-state index in [0.29, 0.717) is 0 Å². The van der Waals surface area contributed by atoms with Crippen molar-refractivity contribution in [3.8, 4) is 0 Å². The van der Waals surface area contributed by atoms with Crippen LogP contribution < -0.4 is 21.7 Å². The van der Waals surface area contributed by atoms with E-state index in [0.717, 1.165) is 52.4 Å². The van der Waals surface area contributed by atoms with Gasteiger partial charge >= 0.3 is 0 Å². The topological polar surface area (TPSA) is 82.4 Å². The van der Waals surface area contributed by atoms with E-state index >= 15 is 0 Å². The standard InChI is InChI=1S/C10H23N5O/c11-9-10(16)15-7-5-13-3-1-12-2-4-14-6-8-15/h12-14H,1-9,11H2. The van der Waals surface area contributed by atoms with Crippen LogP contribution in [0.4, 0.5) is 0 Å². The summed E-state index contributed by atoms with van der Waals surface area (Å²) in [5, 5.41) is 9.91. The molecule has 0 aliphatic carbocycles. The third-order valence-corrected chi connectivity index (χ3v) is 2.60. The van der Waals surface area contributed by atoms with Crippen molar-refractivity contribution >= 4 is 5.91 Å². The predicted octanol–water partition coefficient (Wildman–Crippen LogP) is -2.44. The number of nitrogens with zero attached hydrogens (tertiary/aromatic N) is 1. The first kappa shape index (κ1) is 13.4. The highest BCUT2D eigenvalue weighted by molar-refractivity contribution is 5.78. The van der Waals surface area contributed by atoms with E-state index in [-0.39, 0.29) is 12.5 Å². The minimum atomic E-state index is 0.0267. The van der Waals surface area contributed by atoms with E-state index in [2.05, 4.69) is 16.0 Å². The fourth-order valence-corrected chi connectivity index (χ4v) is 1.65. The van der Waals surface area contributed by atoms with Crippen LogP contribution in [0.2, 0.25) is 0 Å². The average molecular weight is 229 g/mol. The number of hydrogen-bond acceptors (Lipinski definition) is 5. The molecule has 0 radical (unpaired) electrons. The Kier molecular flexibility index (Phi) is 7.07. The van der Waals surface area contributed by atoms with E-state index in [9.17, 15) is 4.79 Å². The average Bonchev–Trinajstić information content (AvgIpc) is 2.29. The second-order valence-corrected chi connectivity index (χ2v) is 3.83. The van der Waals surface area contributed by atoms with Crippen molar-refractivity contribution < 1.29 is 4.79 Å². The van der Waals surface area contributed by atoms with E-state index < -0.39 is 0 Å². The molecule has 6 nitrogen and oxygen atoms in total. The SMILES string of the molecule is NCC(=O)N1CCNCCNCCNCC1. The minimum Gasteiger partial charge on any atom is -0.339 e. The van der Waals surface area contributed by atoms with Gasteiger partial charge in [0.25, 0.3) is 0 Å². The minimum absolute atomic E-state index is 0.0267. The zero-order valence-electron chi connectivity index (χ0n) is 9.80. The molecule has 0 aromatic heterocycles. The molecule has 1 heterocycles. The maximum atomic E-state index is 11.5. The zero-order chi connectivity index (χ0) is 11.6. The van der Waals surface area contributed by atoms with Crippen LogP contribution in [0.15, 0.2) is 0 Å². The van der Waals surface area contributed by atoms with Crippen molar-refractivity contribution in [2.75, 3.05) is 58.9 Å². The molecule has 0 spiro atoms. The quantitative estimate of drug-likeness (QED) is 0.401. The number of nitrogens with two attached hydrogens (primary N) is 1. The molecule has 0 aromatic rings. The van der Waals surface area contributed by atoms with E-state index in [1.54, 1.807) is 0 Å². The highest BCUT2D eigenvalue weighted by Crippen LogP contribution is 1.87. The van der Waals surface area contributed by atoms with Crippen LogP contribution in [-0.4, -0.2) is 69.7 Å². The molecule has 6 heteroatoms.